The molecule has 0 saturated carbocycles. The molecule has 29 heavy (non-hydrogen) atoms. The van der Waals surface area contributed by atoms with Gasteiger partial charge in [0, 0.05) is 31.1 Å². The Kier molecular flexibility index (Phi) is 6.57. The fourth-order valence-corrected chi connectivity index (χ4v) is 3.53. The van der Waals surface area contributed by atoms with E-state index >= 15 is 0 Å². The Labute approximate surface area is 174 Å². The van der Waals surface area contributed by atoms with Gasteiger partial charge in [0.05, 0.1) is 6.54 Å². The van der Waals surface area contributed by atoms with E-state index in [1.807, 2.05) is 18.2 Å². The number of benzene rings is 2. The number of fused-ring (bicyclic) bond motifs is 1. The molecule has 5 nitrogen and oxygen atoms in total. The molecule has 1 atom stereocenters. The monoisotopic (exact) mass is 392 g/mol. The van der Waals surface area contributed by atoms with Crippen LogP contribution in [-0.4, -0.2) is 25.0 Å². The van der Waals surface area contributed by atoms with Crippen molar-refractivity contribution >= 4 is 17.6 Å². The Morgan fingerprint density at radius 2 is 1.83 bits per heavy atom. The van der Waals surface area contributed by atoms with E-state index < -0.39 is 0 Å². The maximum Gasteiger partial charge on any atom is 0.225 e. The summed E-state index contributed by atoms with van der Waals surface area (Å²) < 4.78 is 0. The van der Waals surface area contributed by atoms with Crippen LogP contribution in [0.1, 0.15) is 56.7 Å². The van der Waals surface area contributed by atoms with Crippen LogP contribution in [0.3, 0.4) is 0 Å². The van der Waals surface area contributed by atoms with Gasteiger partial charge >= 0.3 is 0 Å². The first kappa shape index (κ1) is 20.9. The second-order valence-electron chi connectivity index (χ2n) is 8.56. The average Bonchev–Trinajstić information content (AvgIpc) is 2.69. The summed E-state index contributed by atoms with van der Waals surface area (Å²) >= 11 is 0. The second kappa shape index (κ2) is 9.12. The number of anilines is 1. The molecule has 0 saturated heterocycles. The van der Waals surface area contributed by atoms with Crippen LogP contribution in [0, 0.1) is 0 Å². The van der Waals surface area contributed by atoms with Gasteiger partial charge in [0.1, 0.15) is 0 Å². The van der Waals surface area contributed by atoms with Crippen molar-refractivity contribution in [1.29, 1.82) is 0 Å². The molecule has 0 spiro atoms. The van der Waals surface area contributed by atoms with E-state index in [-0.39, 0.29) is 17.2 Å². The smallest absolute Gasteiger partial charge is 0.225 e. The Morgan fingerprint density at radius 3 is 2.52 bits per heavy atom. The lowest BCUT2D eigenvalue weighted by molar-refractivity contribution is -0.116. The highest BCUT2D eigenvalue weighted by Crippen LogP contribution is 2.31. The summed E-state index contributed by atoms with van der Waals surface area (Å²) in [6.07, 6.45) is 0.484. The van der Waals surface area contributed by atoms with Gasteiger partial charge in [-0.2, -0.15) is 0 Å². The Bertz CT molecular complexity index is 865. The number of carbonyl (C=O) groups excluding carboxylic acids is 1. The fraction of sp³-hybridized carbons (Fsp3) is 0.417. The largest absolute Gasteiger partial charge is 0.357 e. The van der Waals surface area contributed by atoms with Gasteiger partial charge in [-0.25, -0.2) is 4.99 Å². The molecule has 0 aromatic heterocycles. The van der Waals surface area contributed by atoms with Crippen molar-refractivity contribution in [2.45, 2.75) is 52.0 Å². The maximum atomic E-state index is 12.0. The molecule has 1 heterocycles. The van der Waals surface area contributed by atoms with Crippen LogP contribution >= 0.6 is 0 Å². The number of nitrogens with zero attached hydrogens (tertiary/aromatic N) is 1. The molecule has 2 aromatic carbocycles. The minimum absolute atomic E-state index is 0.0661. The number of rotatable bonds is 5. The summed E-state index contributed by atoms with van der Waals surface area (Å²) in [4.78, 5) is 16.8. The molecule has 3 rings (SSSR count). The van der Waals surface area contributed by atoms with Gasteiger partial charge in [-0.05, 0) is 35.1 Å². The minimum atomic E-state index is 0.0661. The normalized spacial score (nSPS) is 16.8. The molecular weight excluding hydrogens is 360 g/mol. The highest BCUT2D eigenvalue weighted by Gasteiger charge is 2.24. The minimum Gasteiger partial charge on any atom is -0.357 e. The predicted octanol–water partition coefficient (Wildman–Crippen LogP) is 4.17. The van der Waals surface area contributed by atoms with Gasteiger partial charge in [-0.3, -0.25) is 4.79 Å². The summed E-state index contributed by atoms with van der Waals surface area (Å²) in [5.74, 6) is 0.974. The van der Waals surface area contributed by atoms with Crippen molar-refractivity contribution in [2.24, 2.45) is 4.99 Å². The average molecular weight is 393 g/mol. The molecule has 5 heteroatoms. The Balaban J connectivity index is 1.65. The zero-order valence-electron chi connectivity index (χ0n) is 17.9. The third-order valence-electron chi connectivity index (χ3n) is 5.21. The molecule has 0 fully saturated rings. The molecule has 3 N–H and O–H groups in total. The van der Waals surface area contributed by atoms with Crippen molar-refractivity contribution in [2.75, 3.05) is 18.4 Å². The van der Waals surface area contributed by atoms with Crippen molar-refractivity contribution in [1.82, 2.24) is 10.6 Å². The van der Waals surface area contributed by atoms with Crippen LogP contribution in [0.15, 0.2) is 53.5 Å². The van der Waals surface area contributed by atoms with Crippen molar-refractivity contribution in [3.8, 4) is 0 Å². The van der Waals surface area contributed by atoms with E-state index in [0.29, 0.717) is 19.5 Å². The van der Waals surface area contributed by atoms with E-state index in [1.54, 1.807) is 0 Å². The molecule has 1 unspecified atom stereocenters. The molecular formula is C24H32N4O. The quantitative estimate of drug-likeness (QED) is 0.529. The third-order valence-corrected chi connectivity index (χ3v) is 5.21. The molecule has 0 radical (unpaired) electrons. The summed E-state index contributed by atoms with van der Waals surface area (Å²) in [7, 11) is 0. The lowest BCUT2D eigenvalue weighted by atomic mass is 9.87. The van der Waals surface area contributed by atoms with E-state index in [9.17, 15) is 4.79 Å². The number of nitrogens with one attached hydrogen (secondary N) is 3. The number of hydrogen-bond acceptors (Lipinski definition) is 2. The topological polar surface area (TPSA) is 65.5 Å². The molecule has 154 valence electrons. The zero-order valence-corrected chi connectivity index (χ0v) is 17.9. The fourth-order valence-electron chi connectivity index (χ4n) is 3.53. The van der Waals surface area contributed by atoms with E-state index in [2.05, 4.69) is 74.0 Å². The summed E-state index contributed by atoms with van der Waals surface area (Å²) in [5, 5.41) is 9.67. The van der Waals surface area contributed by atoms with Crippen molar-refractivity contribution in [3.63, 3.8) is 0 Å². The van der Waals surface area contributed by atoms with Gasteiger partial charge in [0.15, 0.2) is 5.96 Å². The third kappa shape index (κ3) is 5.59. The highest BCUT2D eigenvalue weighted by molar-refractivity contribution is 5.94. The van der Waals surface area contributed by atoms with Crippen molar-refractivity contribution < 1.29 is 4.79 Å². The van der Waals surface area contributed by atoms with Crippen LogP contribution < -0.4 is 16.0 Å². The first-order valence-corrected chi connectivity index (χ1v) is 10.4. The second-order valence-corrected chi connectivity index (χ2v) is 8.56. The molecule has 1 aliphatic rings. The van der Waals surface area contributed by atoms with E-state index in [4.69, 9.17) is 4.99 Å². The molecule has 1 amide bonds. The summed E-state index contributed by atoms with van der Waals surface area (Å²) in [5.41, 5.74) is 4.74. The maximum absolute atomic E-state index is 12.0. The van der Waals surface area contributed by atoms with Crippen LogP contribution in [0.4, 0.5) is 5.69 Å². The first-order valence-electron chi connectivity index (χ1n) is 10.4. The predicted molar refractivity (Wildman–Crippen MR) is 120 cm³/mol. The Morgan fingerprint density at radius 1 is 1.10 bits per heavy atom. The van der Waals surface area contributed by atoms with Gasteiger partial charge < -0.3 is 16.0 Å². The summed E-state index contributed by atoms with van der Waals surface area (Å²) in [6.45, 7) is 10.8. The zero-order chi connectivity index (χ0) is 20.9. The van der Waals surface area contributed by atoms with E-state index in [1.165, 1.54) is 16.7 Å². The van der Waals surface area contributed by atoms with Gasteiger partial charge in [-0.1, -0.05) is 63.2 Å². The van der Waals surface area contributed by atoms with Gasteiger partial charge in [-0.15, -0.1) is 0 Å². The number of guanidine groups is 1. The standard InChI is InChI=1S/C24H32N4O/c1-5-25-23(26-15-17-10-12-19(13-11-17)24(2,3)4)27-16-18-14-22(29)28-21-9-7-6-8-20(18)21/h6-13,18H,5,14-16H2,1-4H3,(H,28,29)(H2,25,26,27). The lowest BCUT2D eigenvalue weighted by Gasteiger charge is -2.26. The lowest BCUT2D eigenvalue weighted by Crippen LogP contribution is -2.40. The van der Waals surface area contributed by atoms with Crippen LogP contribution in [0.25, 0.3) is 0 Å². The van der Waals surface area contributed by atoms with Crippen LogP contribution in [0.2, 0.25) is 0 Å². The van der Waals surface area contributed by atoms with Gasteiger partial charge in [0.2, 0.25) is 5.91 Å². The highest BCUT2D eigenvalue weighted by atomic mass is 16.1. The van der Waals surface area contributed by atoms with Crippen molar-refractivity contribution in [3.05, 3.63) is 65.2 Å². The number of para-hydroxylation sites is 1. The number of carbonyl (C=O) groups is 1. The number of aliphatic imine (C=N–C) groups is 1. The molecule has 0 bridgehead atoms. The van der Waals surface area contributed by atoms with Crippen LogP contribution in [0.5, 0.6) is 0 Å². The number of hydrogen-bond donors (Lipinski definition) is 3. The molecule has 1 aliphatic heterocycles. The van der Waals surface area contributed by atoms with E-state index in [0.717, 1.165) is 18.2 Å². The first-order chi connectivity index (χ1) is 13.9. The SMILES string of the molecule is CCNC(=NCc1ccc(C(C)(C)C)cc1)NCC1CC(=O)Nc2ccccc21. The van der Waals surface area contributed by atoms with Gasteiger partial charge in [0.25, 0.3) is 0 Å². The molecule has 2 aromatic rings. The summed E-state index contributed by atoms with van der Waals surface area (Å²) in [6, 6.07) is 16.7. The number of amides is 1. The van der Waals surface area contributed by atoms with Crippen LogP contribution in [-0.2, 0) is 16.8 Å². The Hall–Kier alpha value is -2.82. The molecule has 0 aliphatic carbocycles.